The molecule has 0 aliphatic carbocycles. The average molecular weight is 625 g/mol. The maximum Gasteiger partial charge on any atom is 0.264 e. The van der Waals surface area contributed by atoms with Crippen LogP contribution in [-0.2, 0) is 26.2 Å². The fourth-order valence-corrected chi connectivity index (χ4v) is 6.33. The second kappa shape index (κ2) is 13.0. The van der Waals surface area contributed by atoms with E-state index in [0.29, 0.717) is 17.9 Å². The molecule has 0 bridgehead atoms. The fraction of sp³-hybridized carbons (Fsp3) is 0.286. The normalized spacial score (nSPS) is 13.3. The Hall–Kier alpha value is -3.54. The molecule has 1 atom stereocenters. The summed E-state index contributed by atoms with van der Waals surface area (Å²) in [5.41, 5.74) is 0.438. The van der Waals surface area contributed by atoms with E-state index in [1.807, 2.05) is 0 Å². The first-order chi connectivity index (χ1) is 19.6. The van der Waals surface area contributed by atoms with E-state index in [0.717, 1.165) is 16.4 Å². The first-order valence-corrected chi connectivity index (χ1v) is 14.9. The van der Waals surface area contributed by atoms with Gasteiger partial charge in [0.15, 0.2) is 11.5 Å². The van der Waals surface area contributed by atoms with Crippen molar-refractivity contribution in [3.63, 3.8) is 0 Å². The van der Waals surface area contributed by atoms with Crippen LogP contribution in [0.4, 0.5) is 10.1 Å². The maximum absolute atomic E-state index is 14.0. The number of fused-ring (bicyclic) bond motifs is 1. The summed E-state index contributed by atoms with van der Waals surface area (Å²) in [5.74, 6) is -1.12. The lowest BCUT2D eigenvalue weighted by Crippen LogP contribution is -2.51. The van der Waals surface area contributed by atoms with Gasteiger partial charge in [0.2, 0.25) is 11.8 Å². The Labute approximate surface area is 247 Å². The van der Waals surface area contributed by atoms with Gasteiger partial charge in [0.25, 0.3) is 10.0 Å². The Morgan fingerprint density at radius 3 is 2.24 bits per heavy atom. The highest BCUT2D eigenvalue weighted by molar-refractivity contribution is 7.92. The van der Waals surface area contributed by atoms with Gasteiger partial charge in [-0.15, -0.1) is 0 Å². The molecule has 3 aromatic rings. The second-order valence-corrected chi connectivity index (χ2v) is 11.7. The predicted molar refractivity (Wildman–Crippen MR) is 154 cm³/mol. The fourth-order valence-electron chi connectivity index (χ4n) is 4.39. The highest BCUT2D eigenvalue weighted by atomic mass is 35.5. The SMILES string of the molecule is CC[C@@H](C(=O)NC)N(Cc1c(Cl)cccc1Cl)C(=O)CN(c1ccc(F)cc1)S(=O)(=O)c1ccc2c(c1)OCCO2. The van der Waals surface area contributed by atoms with Crippen LogP contribution < -0.4 is 19.1 Å². The van der Waals surface area contributed by atoms with E-state index in [-0.39, 0.29) is 46.0 Å². The number of nitrogens with one attached hydrogen (secondary N) is 1. The molecule has 1 aliphatic heterocycles. The zero-order chi connectivity index (χ0) is 29.7. The molecule has 0 fully saturated rings. The minimum Gasteiger partial charge on any atom is -0.486 e. The number of amides is 2. The number of rotatable bonds is 10. The first kappa shape index (κ1) is 30.4. The smallest absolute Gasteiger partial charge is 0.264 e. The molecule has 13 heteroatoms. The lowest BCUT2D eigenvalue weighted by molar-refractivity contribution is -0.140. The van der Waals surface area contributed by atoms with Gasteiger partial charge < -0.3 is 19.7 Å². The van der Waals surface area contributed by atoms with E-state index in [4.69, 9.17) is 32.7 Å². The number of carbonyl (C=O) groups excluding carboxylic acids is 2. The van der Waals surface area contributed by atoms with Crippen LogP contribution in [0.15, 0.2) is 65.6 Å². The molecule has 1 N–H and O–H groups in total. The van der Waals surface area contributed by atoms with Crippen molar-refractivity contribution < 1.29 is 31.9 Å². The van der Waals surface area contributed by atoms with Crippen molar-refractivity contribution in [3.05, 3.63) is 82.1 Å². The molecular weight excluding hydrogens is 596 g/mol. The van der Waals surface area contributed by atoms with Crippen LogP contribution in [-0.4, -0.2) is 58.0 Å². The number of sulfonamides is 1. The number of nitrogens with zero attached hydrogens (tertiary/aromatic N) is 2. The molecular formula is C28H28Cl2FN3O6S. The summed E-state index contributed by atoms with van der Waals surface area (Å²) in [6.45, 7) is 1.42. The van der Waals surface area contributed by atoms with Crippen molar-refractivity contribution in [3.8, 4) is 11.5 Å². The van der Waals surface area contributed by atoms with Crippen LogP contribution in [0, 0.1) is 5.82 Å². The van der Waals surface area contributed by atoms with E-state index >= 15 is 0 Å². The van der Waals surface area contributed by atoms with Gasteiger partial charge in [0.1, 0.15) is 31.6 Å². The predicted octanol–water partition coefficient (Wildman–Crippen LogP) is 4.65. The summed E-state index contributed by atoms with van der Waals surface area (Å²) in [6.07, 6.45) is 0.221. The van der Waals surface area contributed by atoms with Crippen LogP contribution in [0.25, 0.3) is 0 Å². The van der Waals surface area contributed by atoms with E-state index in [2.05, 4.69) is 5.32 Å². The van der Waals surface area contributed by atoms with Crippen LogP contribution in [0.2, 0.25) is 10.0 Å². The molecule has 9 nitrogen and oxygen atoms in total. The van der Waals surface area contributed by atoms with Gasteiger partial charge in [-0.1, -0.05) is 36.2 Å². The highest BCUT2D eigenvalue weighted by Crippen LogP contribution is 2.35. The lowest BCUT2D eigenvalue weighted by atomic mass is 10.1. The Morgan fingerprint density at radius 1 is 1.00 bits per heavy atom. The molecule has 3 aromatic carbocycles. The molecule has 1 heterocycles. The van der Waals surface area contributed by atoms with Crippen LogP contribution in [0.3, 0.4) is 0 Å². The molecule has 218 valence electrons. The van der Waals surface area contributed by atoms with Gasteiger partial charge in [0, 0.05) is 35.3 Å². The van der Waals surface area contributed by atoms with Gasteiger partial charge in [-0.05, 0) is 55.0 Å². The Bertz CT molecular complexity index is 1520. The quantitative estimate of drug-likeness (QED) is 0.352. The van der Waals surface area contributed by atoms with Crippen molar-refractivity contribution in [1.29, 1.82) is 0 Å². The van der Waals surface area contributed by atoms with E-state index in [1.165, 1.54) is 42.3 Å². The summed E-state index contributed by atoms with van der Waals surface area (Å²) < 4.78 is 53.7. The van der Waals surface area contributed by atoms with Crippen molar-refractivity contribution in [2.24, 2.45) is 0 Å². The molecule has 1 aliphatic rings. The van der Waals surface area contributed by atoms with Crippen molar-refractivity contribution in [1.82, 2.24) is 10.2 Å². The van der Waals surface area contributed by atoms with Gasteiger partial charge in [-0.3, -0.25) is 13.9 Å². The maximum atomic E-state index is 14.0. The van der Waals surface area contributed by atoms with Crippen LogP contribution in [0.1, 0.15) is 18.9 Å². The van der Waals surface area contributed by atoms with Gasteiger partial charge in [0.05, 0.1) is 10.6 Å². The molecule has 0 spiro atoms. The number of halogens is 3. The number of hydrogen-bond acceptors (Lipinski definition) is 6. The third-order valence-corrected chi connectivity index (χ3v) is 9.00. The number of carbonyl (C=O) groups is 2. The van der Waals surface area contributed by atoms with E-state index < -0.39 is 40.2 Å². The number of hydrogen-bond donors (Lipinski definition) is 1. The number of likely N-dealkylation sites (N-methyl/N-ethyl adjacent to an activating group) is 1. The minimum absolute atomic E-state index is 0.0401. The number of anilines is 1. The third kappa shape index (κ3) is 6.69. The molecule has 0 unspecified atom stereocenters. The summed E-state index contributed by atoms with van der Waals surface area (Å²) in [4.78, 5) is 27.9. The molecule has 0 aromatic heterocycles. The van der Waals surface area contributed by atoms with E-state index in [1.54, 1.807) is 25.1 Å². The van der Waals surface area contributed by atoms with Gasteiger partial charge >= 0.3 is 0 Å². The molecule has 4 rings (SSSR count). The Kier molecular flexibility index (Phi) is 9.62. The molecule has 0 saturated carbocycles. The highest BCUT2D eigenvalue weighted by Gasteiger charge is 2.34. The van der Waals surface area contributed by atoms with Gasteiger partial charge in [-0.2, -0.15) is 0 Å². The first-order valence-electron chi connectivity index (χ1n) is 12.7. The number of benzene rings is 3. The third-order valence-electron chi connectivity index (χ3n) is 6.52. The summed E-state index contributed by atoms with van der Waals surface area (Å²) in [5, 5.41) is 3.10. The lowest BCUT2D eigenvalue weighted by Gasteiger charge is -2.33. The van der Waals surface area contributed by atoms with Gasteiger partial charge in [-0.25, -0.2) is 12.8 Å². The largest absolute Gasteiger partial charge is 0.486 e. The summed E-state index contributed by atoms with van der Waals surface area (Å²) >= 11 is 12.8. The zero-order valence-electron chi connectivity index (χ0n) is 22.3. The Balaban J connectivity index is 1.77. The second-order valence-electron chi connectivity index (χ2n) is 9.05. The molecule has 41 heavy (non-hydrogen) atoms. The van der Waals surface area contributed by atoms with Crippen LogP contribution >= 0.6 is 23.2 Å². The molecule has 0 saturated heterocycles. The molecule has 2 amide bonds. The van der Waals surface area contributed by atoms with Crippen molar-refractivity contribution in [2.75, 3.05) is 31.1 Å². The van der Waals surface area contributed by atoms with E-state index in [9.17, 15) is 22.4 Å². The van der Waals surface area contributed by atoms with Crippen molar-refractivity contribution in [2.45, 2.75) is 30.8 Å². The summed E-state index contributed by atoms with van der Waals surface area (Å²) in [7, 11) is -2.96. The summed E-state index contributed by atoms with van der Waals surface area (Å²) in [6, 6.07) is 12.7. The standard InChI is InChI=1S/C28H28Cl2FN3O6S/c1-3-24(28(36)32-2)33(16-21-22(29)5-4-6-23(21)30)27(35)17-34(19-9-7-18(31)8-10-19)41(37,38)20-11-12-25-26(15-20)40-14-13-39-25/h4-12,15,24H,3,13-14,16-17H2,1-2H3,(H,32,36)/t24-/m0/s1. The van der Waals surface area contributed by atoms with Crippen LogP contribution in [0.5, 0.6) is 11.5 Å². The molecule has 0 radical (unpaired) electrons. The zero-order valence-corrected chi connectivity index (χ0v) is 24.6. The monoisotopic (exact) mass is 623 g/mol. The Morgan fingerprint density at radius 2 is 1.63 bits per heavy atom. The topological polar surface area (TPSA) is 105 Å². The average Bonchev–Trinajstić information content (AvgIpc) is 2.97. The minimum atomic E-state index is -4.40. The number of ether oxygens (including phenoxy) is 2. The van der Waals surface area contributed by atoms with Crippen molar-refractivity contribution >= 4 is 50.7 Å².